The standard InChI is InChI=1S/C22H23N3O4S2/c1-2-10-29-21(28)13-6-5-7-14(11-13)23-17(26)12-30-22-24-19(27)18-15-8-3-4-9-16(15)31-20(18)25-22/h5-7,11H,2-4,8-10,12H2,1H3,(H,23,26)(H,24,25,27). The molecule has 0 saturated heterocycles. The van der Waals surface area contributed by atoms with E-state index in [4.69, 9.17) is 4.74 Å². The fraction of sp³-hybridized carbons (Fsp3) is 0.364. The lowest BCUT2D eigenvalue weighted by atomic mass is 9.97. The highest BCUT2D eigenvalue weighted by Crippen LogP contribution is 2.34. The number of benzene rings is 1. The number of ether oxygens (including phenoxy) is 1. The van der Waals surface area contributed by atoms with Crippen LogP contribution in [0, 0.1) is 0 Å². The largest absolute Gasteiger partial charge is 0.462 e. The Hall–Kier alpha value is -2.65. The molecule has 4 rings (SSSR count). The van der Waals surface area contributed by atoms with Gasteiger partial charge in [-0.2, -0.15) is 0 Å². The molecule has 0 bridgehead atoms. The average Bonchev–Trinajstić information content (AvgIpc) is 3.15. The number of H-pyrrole nitrogens is 1. The van der Waals surface area contributed by atoms with E-state index in [-0.39, 0.29) is 17.2 Å². The average molecular weight is 458 g/mol. The summed E-state index contributed by atoms with van der Waals surface area (Å²) in [4.78, 5) is 46.4. The SMILES string of the molecule is CCCOC(=O)c1cccc(NC(=O)CSc2nc3sc4c(c3c(=O)[nH]2)CCCC4)c1. The number of rotatable bonds is 7. The van der Waals surface area contributed by atoms with Crippen LogP contribution in [0.5, 0.6) is 0 Å². The number of anilines is 1. The van der Waals surface area contributed by atoms with Crippen LogP contribution in [0.1, 0.15) is 47.0 Å². The first-order chi connectivity index (χ1) is 15.0. The normalized spacial score (nSPS) is 13.1. The van der Waals surface area contributed by atoms with E-state index >= 15 is 0 Å². The summed E-state index contributed by atoms with van der Waals surface area (Å²) in [5.41, 5.74) is 1.91. The highest BCUT2D eigenvalue weighted by atomic mass is 32.2. The van der Waals surface area contributed by atoms with Crippen LogP contribution in [0.4, 0.5) is 5.69 Å². The molecule has 2 aromatic heterocycles. The van der Waals surface area contributed by atoms with Crippen LogP contribution in [0.15, 0.2) is 34.2 Å². The first-order valence-electron chi connectivity index (χ1n) is 10.3. The molecule has 31 heavy (non-hydrogen) atoms. The quantitative estimate of drug-likeness (QED) is 0.314. The number of hydrogen-bond donors (Lipinski definition) is 2. The second-order valence-corrected chi connectivity index (χ2v) is 9.36. The molecule has 0 aliphatic heterocycles. The smallest absolute Gasteiger partial charge is 0.338 e. The molecule has 1 aromatic carbocycles. The second kappa shape index (κ2) is 9.65. The van der Waals surface area contributed by atoms with Crippen LogP contribution in [0.25, 0.3) is 10.2 Å². The Balaban J connectivity index is 1.41. The van der Waals surface area contributed by atoms with E-state index in [0.717, 1.165) is 42.5 Å². The van der Waals surface area contributed by atoms with Crippen LogP contribution in [-0.4, -0.2) is 34.2 Å². The zero-order valence-electron chi connectivity index (χ0n) is 17.2. The Bertz CT molecular complexity index is 1190. The number of thiophene rings is 1. The van der Waals surface area contributed by atoms with Crippen molar-refractivity contribution >= 4 is 50.9 Å². The van der Waals surface area contributed by atoms with Crippen LogP contribution < -0.4 is 10.9 Å². The van der Waals surface area contributed by atoms with Gasteiger partial charge in [-0.15, -0.1) is 11.3 Å². The number of esters is 1. The van der Waals surface area contributed by atoms with Crippen molar-refractivity contribution in [3.8, 4) is 0 Å². The lowest BCUT2D eigenvalue weighted by molar-refractivity contribution is -0.113. The topological polar surface area (TPSA) is 101 Å². The van der Waals surface area contributed by atoms with E-state index in [1.54, 1.807) is 35.6 Å². The van der Waals surface area contributed by atoms with Crippen molar-refractivity contribution in [2.75, 3.05) is 17.7 Å². The van der Waals surface area contributed by atoms with Crippen LogP contribution in [0.3, 0.4) is 0 Å². The summed E-state index contributed by atoms with van der Waals surface area (Å²) in [5, 5.41) is 3.91. The van der Waals surface area contributed by atoms with E-state index in [1.165, 1.54) is 16.6 Å². The van der Waals surface area contributed by atoms with Crippen molar-refractivity contribution in [3.63, 3.8) is 0 Å². The molecular formula is C22H23N3O4S2. The van der Waals surface area contributed by atoms with Crippen molar-refractivity contribution in [1.82, 2.24) is 9.97 Å². The maximum Gasteiger partial charge on any atom is 0.338 e. The Morgan fingerprint density at radius 1 is 1.29 bits per heavy atom. The van der Waals surface area contributed by atoms with E-state index in [0.29, 0.717) is 28.4 Å². The van der Waals surface area contributed by atoms with E-state index in [2.05, 4.69) is 15.3 Å². The van der Waals surface area contributed by atoms with Gasteiger partial charge in [0.25, 0.3) is 5.56 Å². The zero-order valence-corrected chi connectivity index (χ0v) is 18.8. The van der Waals surface area contributed by atoms with Gasteiger partial charge in [-0.05, 0) is 55.9 Å². The number of thioether (sulfide) groups is 1. The molecule has 0 spiro atoms. The van der Waals surface area contributed by atoms with E-state index in [9.17, 15) is 14.4 Å². The fourth-order valence-corrected chi connectivity index (χ4v) is 5.53. The molecule has 9 heteroatoms. The predicted octanol–water partition coefficient (Wildman–Crippen LogP) is 4.16. The lowest BCUT2D eigenvalue weighted by Crippen LogP contribution is -2.16. The Labute approximate surface area is 187 Å². The Kier molecular flexibility index (Phi) is 6.72. The minimum Gasteiger partial charge on any atom is -0.462 e. The molecule has 0 fully saturated rings. The molecule has 0 saturated carbocycles. The van der Waals surface area contributed by atoms with Gasteiger partial charge in [-0.3, -0.25) is 9.59 Å². The molecule has 0 atom stereocenters. The number of hydrogen-bond acceptors (Lipinski definition) is 7. The highest BCUT2D eigenvalue weighted by molar-refractivity contribution is 7.99. The molecule has 7 nitrogen and oxygen atoms in total. The van der Waals surface area contributed by atoms with Crippen LogP contribution >= 0.6 is 23.1 Å². The number of aromatic nitrogens is 2. The zero-order chi connectivity index (χ0) is 21.8. The summed E-state index contributed by atoms with van der Waals surface area (Å²) in [6.45, 7) is 2.28. The Morgan fingerprint density at radius 3 is 2.97 bits per heavy atom. The summed E-state index contributed by atoms with van der Waals surface area (Å²) in [6.07, 6.45) is 4.94. The number of fused-ring (bicyclic) bond motifs is 3. The van der Waals surface area contributed by atoms with Gasteiger partial charge in [0.15, 0.2) is 5.16 Å². The number of aromatic amines is 1. The van der Waals surface area contributed by atoms with Gasteiger partial charge in [-0.25, -0.2) is 9.78 Å². The fourth-order valence-electron chi connectivity index (χ4n) is 3.55. The van der Waals surface area contributed by atoms with Gasteiger partial charge in [0.05, 0.1) is 23.3 Å². The summed E-state index contributed by atoms with van der Waals surface area (Å²) in [6, 6.07) is 6.63. The molecule has 2 heterocycles. The maximum atomic E-state index is 12.6. The third kappa shape index (κ3) is 4.99. The van der Waals surface area contributed by atoms with Gasteiger partial charge in [-0.1, -0.05) is 24.8 Å². The third-order valence-electron chi connectivity index (χ3n) is 4.96. The Morgan fingerprint density at radius 2 is 2.13 bits per heavy atom. The second-order valence-electron chi connectivity index (χ2n) is 7.32. The van der Waals surface area contributed by atoms with E-state index in [1.807, 2.05) is 6.92 Å². The number of carbonyl (C=O) groups is 2. The van der Waals surface area contributed by atoms with Crippen LogP contribution in [0.2, 0.25) is 0 Å². The van der Waals surface area contributed by atoms with Crippen molar-refractivity contribution in [2.24, 2.45) is 0 Å². The van der Waals surface area contributed by atoms with Crippen LogP contribution in [-0.2, 0) is 22.4 Å². The summed E-state index contributed by atoms with van der Waals surface area (Å²) < 4.78 is 5.12. The summed E-state index contributed by atoms with van der Waals surface area (Å²) in [5.74, 6) is -0.581. The molecule has 0 radical (unpaired) electrons. The molecule has 3 aromatic rings. The number of aryl methyl sites for hydroxylation is 2. The minimum atomic E-state index is -0.416. The highest BCUT2D eigenvalue weighted by Gasteiger charge is 2.20. The first-order valence-corrected chi connectivity index (χ1v) is 12.1. The molecule has 0 unspecified atom stereocenters. The summed E-state index contributed by atoms with van der Waals surface area (Å²) in [7, 11) is 0. The lowest BCUT2D eigenvalue weighted by Gasteiger charge is -2.09. The molecule has 1 aliphatic rings. The molecular weight excluding hydrogens is 434 g/mol. The molecule has 1 amide bonds. The number of carbonyl (C=O) groups excluding carboxylic acids is 2. The van der Waals surface area contributed by atoms with E-state index < -0.39 is 5.97 Å². The number of nitrogens with zero attached hydrogens (tertiary/aromatic N) is 1. The van der Waals surface area contributed by atoms with Crippen molar-refractivity contribution in [3.05, 3.63) is 50.6 Å². The molecule has 2 N–H and O–H groups in total. The molecule has 162 valence electrons. The van der Waals surface area contributed by atoms with Gasteiger partial charge >= 0.3 is 5.97 Å². The van der Waals surface area contributed by atoms with Crippen molar-refractivity contribution < 1.29 is 14.3 Å². The predicted molar refractivity (Wildman–Crippen MR) is 123 cm³/mol. The van der Waals surface area contributed by atoms with Gasteiger partial charge in [0.1, 0.15) is 4.83 Å². The van der Waals surface area contributed by atoms with Gasteiger partial charge in [0.2, 0.25) is 5.91 Å². The molecule has 1 aliphatic carbocycles. The maximum absolute atomic E-state index is 12.6. The number of nitrogens with one attached hydrogen (secondary N) is 2. The van der Waals surface area contributed by atoms with Crippen molar-refractivity contribution in [1.29, 1.82) is 0 Å². The van der Waals surface area contributed by atoms with Gasteiger partial charge < -0.3 is 15.0 Å². The minimum absolute atomic E-state index is 0.0873. The number of amides is 1. The van der Waals surface area contributed by atoms with Gasteiger partial charge in [0, 0.05) is 10.6 Å². The first kappa shape index (κ1) is 21.6. The monoisotopic (exact) mass is 457 g/mol. The summed E-state index contributed by atoms with van der Waals surface area (Å²) >= 11 is 2.77. The third-order valence-corrected chi connectivity index (χ3v) is 7.02. The van der Waals surface area contributed by atoms with Crippen molar-refractivity contribution in [2.45, 2.75) is 44.2 Å².